The molecule has 1 aliphatic heterocycles. The van der Waals surface area contributed by atoms with Crippen LogP contribution in [0.4, 0.5) is 0 Å². The van der Waals surface area contributed by atoms with E-state index in [1.165, 1.54) is 10.9 Å². The second-order valence-corrected chi connectivity index (χ2v) is 8.02. The summed E-state index contributed by atoms with van der Waals surface area (Å²) in [5.74, 6) is 0. The molecule has 2 aromatic carbocycles. The standard InChI is InChI=1S/C24H22N4O3/c1-15-6-7-16(12-25-15)10-17-11-20-23(19-5-3-2-4-18(17)19)26-14-28(24(20)29)22-13-31-9-8-21(22)27-30/h2-7,11-12,14,21-22H,8-10,13H2,1H3/t21-,22-/m0/s1. The van der Waals surface area contributed by atoms with Crippen molar-refractivity contribution in [1.29, 1.82) is 0 Å². The largest absolute Gasteiger partial charge is 0.379 e. The van der Waals surface area contributed by atoms with E-state index in [1.54, 1.807) is 0 Å². The number of aromatic nitrogens is 3. The molecular formula is C24H22N4O3. The van der Waals surface area contributed by atoms with Gasteiger partial charge in [-0.05, 0) is 48.4 Å². The first-order valence-electron chi connectivity index (χ1n) is 10.4. The zero-order chi connectivity index (χ0) is 21.4. The van der Waals surface area contributed by atoms with Crippen LogP contribution < -0.4 is 5.56 Å². The van der Waals surface area contributed by atoms with Crippen LogP contribution in [0.5, 0.6) is 0 Å². The van der Waals surface area contributed by atoms with Crippen molar-refractivity contribution in [2.45, 2.75) is 31.8 Å². The Bertz CT molecular complexity index is 1330. The maximum atomic E-state index is 13.5. The second-order valence-electron chi connectivity index (χ2n) is 8.02. The predicted molar refractivity (Wildman–Crippen MR) is 119 cm³/mol. The van der Waals surface area contributed by atoms with Crippen molar-refractivity contribution in [2.75, 3.05) is 13.2 Å². The smallest absolute Gasteiger partial charge is 0.261 e. The van der Waals surface area contributed by atoms with Crippen molar-refractivity contribution < 1.29 is 4.74 Å². The van der Waals surface area contributed by atoms with Crippen molar-refractivity contribution in [3.8, 4) is 0 Å². The van der Waals surface area contributed by atoms with Gasteiger partial charge in [-0.25, -0.2) is 4.98 Å². The Morgan fingerprint density at radius 3 is 2.74 bits per heavy atom. The van der Waals surface area contributed by atoms with Crippen LogP contribution >= 0.6 is 0 Å². The Hall–Kier alpha value is -3.45. The summed E-state index contributed by atoms with van der Waals surface area (Å²) >= 11 is 0. The third-order valence-corrected chi connectivity index (χ3v) is 6.03. The van der Waals surface area contributed by atoms with E-state index in [4.69, 9.17) is 4.74 Å². The molecule has 3 heterocycles. The summed E-state index contributed by atoms with van der Waals surface area (Å²) < 4.78 is 7.04. The Kier molecular flexibility index (Phi) is 5.03. The average Bonchev–Trinajstić information content (AvgIpc) is 2.81. The van der Waals surface area contributed by atoms with E-state index < -0.39 is 12.1 Å². The Balaban J connectivity index is 1.69. The summed E-state index contributed by atoms with van der Waals surface area (Å²) in [5, 5.41) is 5.76. The minimum absolute atomic E-state index is 0.178. The molecule has 7 nitrogen and oxygen atoms in total. The highest BCUT2D eigenvalue weighted by molar-refractivity contribution is 6.06. The molecule has 0 spiro atoms. The Morgan fingerprint density at radius 1 is 1.13 bits per heavy atom. The van der Waals surface area contributed by atoms with Crippen LogP contribution in [0.1, 0.15) is 29.3 Å². The number of hydrogen-bond acceptors (Lipinski definition) is 6. The highest BCUT2D eigenvalue weighted by atomic mass is 16.5. The molecule has 2 atom stereocenters. The number of benzene rings is 2. The molecule has 0 amide bonds. The molecule has 0 saturated carbocycles. The van der Waals surface area contributed by atoms with Gasteiger partial charge in [0.05, 0.1) is 29.9 Å². The molecule has 0 N–H and O–H groups in total. The summed E-state index contributed by atoms with van der Waals surface area (Å²) in [5.41, 5.74) is 3.56. The van der Waals surface area contributed by atoms with Crippen molar-refractivity contribution >= 4 is 21.7 Å². The fourth-order valence-electron chi connectivity index (χ4n) is 4.35. The molecular weight excluding hydrogens is 392 g/mol. The van der Waals surface area contributed by atoms with Gasteiger partial charge < -0.3 is 4.74 Å². The van der Waals surface area contributed by atoms with Crippen LogP contribution in [-0.4, -0.2) is 33.8 Å². The lowest BCUT2D eigenvalue weighted by molar-refractivity contribution is 0.0456. The number of nitrogens with zero attached hydrogens (tertiary/aromatic N) is 4. The molecule has 7 heteroatoms. The van der Waals surface area contributed by atoms with E-state index in [2.05, 4.69) is 27.3 Å². The van der Waals surface area contributed by atoms with Gasteiger partial charge >= 0.3 is 0 Å². The number of ether oxygens (including phenoxy) is 1. The highest BCUT2D eigenvalue weighted by Gasteiger charge is 2.29. The summed E-state index contributed by atoms with van der Waals surface area (Å²) in [6.45, 7) is 2.71. The lowest BCUT2D eigenvalue weighted by Crippen LogP contribution is -2.38. The monoisotopic (exact) mass is 414 g/mol. The van der Waals surface area contributed by atoms with Crippen molar-refractivity contribution in [1.82, 2.24) is 14.5 Å². The lowest BCUT2D eigenvalue weighted by atomic mass is 9.96. The molecule has 0 unspecified atom stereocenters. The molecule has 1 saturated heterocycles. The molecule has 1 fully saturated rings. The van der Waals surface area contributed by atoms with E-state index in [-0.39, 0.29) is 12.2 Å². The van der Waals surface area contributed by atoms with Gasteiger partial charge in [0.2, 0.25) is 0 Å². The SMILES string of the molecule is Cc1ccc(Cc2cc3c(=O)n([C@H]4COCC[C@@H]4N=O)cnc3c3ccccc23)cn1. The molecule has 1 aliphatic rings. The molecule has 0 radical (unpaired) electrons. The van der Waals surface area contributed by atoms with E-state index in [0.717, 1.165) is 27.6 Å². The first kappa shape index (κ1) is 19.5. The molecule has 31 heavy (non-hydrogen) atoms. The van der Waals surface area contributed by atoms with Crippen LogP contribution in [0, 0.1) is 11.8 Å². The molecule has 5 rings (SSSR count). The van der Waals surface area contributed by atoms with Crippen molar-refractivity contribution in [3.63, 3.8) is 0 Å². The zero-order valence-corrected chi connectivity index (χ0v) is 17.2. The molecule has 2 aromatic heterocycles. The van der Waals surface area contributed by atoms with E-state index in [1.807, 2.05) is 43.5 Å². The summed E-state index contributed by atoms with van der Waals surface area (Å²) in [6.07, 6.45) is 4.55. The predicted octanol–water partition coefficient (Wildman–Crippen LogP) is 3.94. The van der Waals surface area contributed by atoms with Gasteiger partial charge in [-0.3, -0.25) is 14.3 Å². The van der Waals surface area contributed by atoms with Gasteiger partial charge in [0, 0.05) is 23.9 Å². The minimum Gasteiger partial charge on any atom is -0.379 e. The number of rotatable bonds is 4. The first-order valence-corrected chi connectivity index (χ1v) is 10.4. The van der Waals surface area contributed by atoms with Crippen LogP contribution in [-0.2, 0) is 11.2 Å². The van der Waals surface area contributed by atoms with Crippen LogP contribution in [0.25, 0.3) is 21.7 Å². The van der Waals surface area contributed by atoms with E-state index >= 15 is 0 Å². The second kappa shape index (κ2) is 8.00. The molecule has 156 valence electrons. The quantitative estimate of drug-likeness (QED) is 0.373. The minimum atomic E-state index is -0.496. The van der Waals surface area contributed by atoms with Crippen LogP contribution in [0.15, 0.2) is 65.0 Å². The number of nitroso groups, excluding NO2 is 1. The topological polar surface area (TPSA) is 86.4 Å². The van der Waals surface area contributed by atoms with Crippen LogP contribution in [0.3, 0.4) is 0 Å². The van der Waals surface area contributed by atoms with Gasteiger partial charge in [0.1, 0.15) is 6.04 Å². The number of hydrogen-bond donors (Lipinski definition) is 0. The fraction of sp³-hybridized carbons (Fsp3) is 0.292. The van der Waals surface area contributed by atoms with Gasteiger partial charge in [-0.15, -0.1) is 0 Å². The molecule has 0 aliphatic carbocycles. The summed E-state index contributed by atoms with van der Waals surface area (Å²) in [7, 11) is 0. The van der Waals surface area contributed by atoms with Crippen molar-refractivity contribution in [3.05, 3.63) is 87.1 Å². The van der Waals surface area contributed by atoms with Gasteiger partial charge in [-0.1, -0.05) is 35.5 Å². The summed E-state index contributed by atoms with van der Waals surface area (Å²) in [6, 6.07) is 13.0. The van der Waals surface area contributed by atoms with Crippen LogP contribution in [0.2, 0.25) is 0 Å². The number of fused-ring (bicyclic) bond motifs is 3. The maximum absolute atomic E-state index is 13.5. The molecule has 0 bridgehead atoms. The third-order valence-electron chi connectivity index (χ3n) is 6.03. The third kappa shape index (κ3) is 3.51. The Labute approximate surface area is 178 Å². The van der Waals surface area contributed by atoms with Gasteiger partial charge in [0.15, 0.2) is 0 Å². The molecule has 4 aromatic rings. The number of pyridine rings is 1. The van der Waals surface area contributed by atoms with E-state index in [9.17, 15) is 9.70 Å². The maximum Gasteiger partial charge on any atom is 0.261 e. The average molecular weight is 414 g/mol. The fourth-order valence-corrected chi connectivity index (χ4v) is 4.35. The first-order chi connectivity index (χ1) is 15.2. The highest BCUT2D eigenvalue weighted by Crippen LogP contribution is 2.29. The van der Waals surface area contributed by atoms with E-state index in [0.29, 0.717) is 30.4 Å². The van der Waals surface area contributed by atoms with Gasteiger partial charge in [-0.2, -0.15) is 4.91 Å². The van der Waals surface area contributed by atoms with Gasteiger partial charge in [0.25, 0.3) is 5.56 Å². The zero-order valence-electron chi connectivity index (χ0n) is 17.2. The number of aryl methyl sites for hydroxylation is 1. The lowest BCUT2D eigenvalue weighted by Gasteiger charge is -2.28. The van der Waals surface area contributed by atoms with Crippen molar-refractivity contribution in [2.24, 2.45) is 5.18 Å². The normalized spacial score (nSPS) is 19.0. The summed E-state index contributed by atoms with van der Waals surface area (Å²) in [4.78, 5) is 33.8. The Morgan fingerprint density at radius 2 is 1.97 bits per heavy atom.